The summed E-state index contributed by atoms with van der Waals surface area (Å²) >= 11 is 0. The van der Waals surface area contributed by atoms with Gasteiger partial charge in [0.2, 0.25) is 0 Å². The number of halogens is 1. The van der Waals surface area contributed by atoms with Gasteiger partial charge in [0, 0.05) is 18.7 Å². The lowest BCUT2D eigenvalue weighted by Gasteiger charge is -2.32. The first-order valence-electron chi connectivity index (χ1n) is 9.97. The second-order valence-electron chi connectivity index (χ2n) is 7.61. The van der Waals surface area contributed by atoms with Crippen molar-refractivity contribution in [2.24, 2.45) is 5.92 Å². The predicted molar refractivity (Wildman–Crippen MR) is 109 cm³/mol. The molecule has 5 nitrogen and oxygen atoms in total. The van der Waals surface area contributed by atoms with Crippen molar-refractivity contribution in [1.29, 1.82) is 0 Å². The normalized spacial score (nSPS) is 16.7. The van der Waals surface area contributed by atoms with E-state index in [0.29, 0.717) is 29.4 Å². The van der Waals surface area contributed by atoms with Crippen LogP contribution in [0.2, 0.25) is 0 Å². The smallest absolute Gasteiger partial charge is 0.271 e. The van der Waals surface area contributed by atoms with E-state index in [0.717, 1.165) is 37.8 Å². The number of hydrogen-bond acceptors (Lipinski definition) is 3. The quantitative estimate of drug-likeness (QED) is 0.675. The van der Waals surface area contributed by atoms with E-state index in [9.17, 15) is 14.3 Å². The third kappa shape index (κ3) is 4.47. The Kier molecular flexibility index (Phi) is 5.60. The first kappa shape index (κ1) is 19.2. The molecule has 0 saturated carbocycles. The maximum absolute atomic E-state index is 13.0. The molecule has 0 unspecified atom stereocenters. The molecule has 29 heavy (non-hydrogen) atoms. The lowest BCUT2D eigenvalue weighted by atomic mass is 9.91. The average molecular weight is 393 g/mol. The number of phenols is 1. The number of phenolic OH excluding ortho intramolecular Hbond substituents is 1. The van der Waals surface area contributed by atoms with Crippen LogP contribution in [0.3, 0.4) is 0 Å². The fourth-order valence-electron chi connectivity index (χ4n) is 3.94. The highest BCUT2D eigenvalue weighted by molar-refractivity contribution is 5.93. The van der Waals surface area contributed by atoms with Gasteiger partial charge >= 0.3 is 0 Å². The number of piperidine rings is 1. The molecule has 2 heterocycles. The fourth-order valence-corrected chi connectivity index (χ4v) is 3.94. The topological polar surface area (TPSA) is 69.2 Å². The molecule has 6 heteroatoms. The van der Waals surface area contributed by atoms with Gasteiger partial charge in [0.05, 0.1) is 5.69 Å². The Bertz CT molecular complexity index is 984. The van der Waals surface area contributed by atoms with Crippen LogP contribution in [0.25, 0.3) is 11.3 Å². The number of carbonyl (C=O) groups excluding carboxylic acids is 1. The molecule has 1 atom stereocenters. The maximum atomic E-state index is 13.0. The Balaban J connectivity index is 1.38. The molecule has 1 fully saturated rings. The van der Waals surface area contributed by atoms with Gasteiger partial charge in [0.15, 0.2) is 0 Å². The van der Waals surface area contributed by atoms with Crippen LogP contribution in [-0.2, 0) is 6.42 Å². The van der Waals surface area contributed by atoms with E-state index < -0.39 is 0 Å². The summed E-state index contributed by atoms with van der Waals surface area (Å²) in [6, 6.07) is 15.3. The van der Waals surface area contributed by atoms with Crippen molar-refractivity contribution in [2.75, 3.05) is 13.1 Å². The number of benzene rings is 2. The average Bonchev–Trinajstić information content (AvgIpc) is 3.23. The van der Waals surface area contributed by atoms with Gasteiger partial charge in [-0.2, -0.15) is 5.10 Å². The third-order valence-corrected chi connectivity index (χ3v) is 5.55. The number of H-pyrrole nitrogens is 1. The minimum Gasteiger partial charge on any atom is -0.507 e. The summed E-state index contributed by atoms with van der Waals surface area (Å²) in [4.78, 5) is 14.8. The first-order chi connectivity index (χ1) is 14.1. The second-order valence-corrected chi connectivity index (χ2v) is 7.61. The molecule has 0 bridgehead atoms. The van der Waals surface area contributed by atoms with Crippen molar-refractivity contribution in [3.8, 4) is 17.0 Å². The number of aryl methyl sites for hydroxylation is 1. The van der Waals surface area contributed by atoms with E-state index in [-0.39, 0.29) is 17.5 Å². The predicted octanol–water partition coefficient (Wildman–Crippen LogP) is 4.41. The van der Waals surface area contributed by atoms with Crippen molar-refractivity contribution in [2.45, 2.75) is 25.7 Å². The van der Waals surface area contributed by atoms with Gasteiger partial charge in [0.25, 0.3) is 5.91 Å². The molecule has 0 aliphatic carbocycles. The van der Waals surface area contributed by atoms with Gasteiger partial charge in [-0.25, -0.2) is 4.39 Å². The number of nitrogens with zero attached hydrogens (tertiary/aromatic N) is 2. The van der Waals surface area contributed by atoms with Crippen LogP contribution >= 0.6 is 0 Å². The number of rotatable bonds is 5. The maximum Gasteiger partial charge on any atom is 0.271 e. The molecule has 2 aromatic carbocycles. The molecule has 0 radical (unpaired) electrons. The zero-order valence-corrected chi connectivity index (χ0v) is 16.1. The molecular weight excluding hydrogens is 369 g/mol. The summed E-state index contributed by atoms with van der Waals surface area (Å²) in [5, 5.41) is 17.0. The van der Waals surface area contributed by atoms with Gasteiger partial charge in [-0.05, 0) is 67.5 Å². The van der Waals surface area contributed by atoms with E-state index in [2.05, 4.69) is 10.2 Å². The van der Waals surface area contributed by atoms with Gasteiger partial charge in [-0.15, -0.1) is 0 Å². The van der Waals surface area contributed by atoms with E-state index in [1.807, 2.05) is 23.1 Å². The molecule has 1 aliphatic rings. The molecule has 150 valence electrons. The zero-order chi connectivity index (χ0) is 20.2. The molecular formula is C23H24FN3O2. The molecule has 4 rings (SSSR count). The molecule has 2 N–H and O–H groups in total. The van der Waals surface area contributed by atoms with Crippen molar-refractivity contribution in [3.63, 3.8) is 0 Å². The standard InChI is InChI=1S/C23H24FN3O2/c24-18-11-9-16(10-12-18)7-8-17-4-3-13-27(15-17)23(29)21-14-20(25-26-21)19-5-1-2-6-22(19)28/h1-2,5-6,9-12,14,17,28H,3-4,7-8,13,15H2,(H,25,26)/t17-/m1/s1. The molecule has 1 amide bonds. The van der Waals surface area contributed by atoms with Crippen LogP contribution < -0.4 is 0 Å². The largest absolute Gasteiger partial charge is 0.507 e. The van der Waals surface area contributed by atoms with E-state index in [1.165, 1.54) is 12.1 Å². The highest BCUT2D eigenvalue weighted by atomic mass is 19.1. The van der Waals surface area contributed by atoms with Crippen LogP contribution in [0.4, 0.5) is 4.39 Å². The highest BCUT2D eigenvalue weighted by Crippen LogP contribution is 2.28. The monoisotopic (exact) mass is 393 g/mol. The Morgan fingerprint density at radius 3 is 2.79 bits per heavy atom. The molecule has 3 aromatic rings. The summed E-state index contributed by atoms with van der Waals surface area (Å²) in [5.41, 5.74) is 2.70. The molecule has 1 aromatic heterocycles. The highest BCUT2D eigenvalue weighted by Gasteiger charge is 2.25. The van der Waals surface area contributed by atoms with E-state index >= 15 is 0 Å². The summed E-state index contributed by atoms with van der Waals surface area (Å²) in [6.07, 6.45) is 3.92. The van der Waals surface area contributed by atoms with Crippen LogP contribution in [0, 0.1) is 11.7 Å². The third-order valence-electron chi connectivity index (χ3n) is 5.55. The van der Waals surface area contributed by atoms with E-state index in [1.54, 1.807) is 24.3 Å². The second kappa shape index (κ2) is 8.47. The Hall–Kier alpha value is -3.15. The van der Waals surface area contributed by atoms with Crippen molar-refractivity contribution < 1.29 is 14.3 Å². The number of aromatic nitrogens is 2. The summed E-state index contributed by atoms with van der Waals surface area (Å²) < 4.78 is 13.0. The van der Waals surface area contributed by atoms with Crippen LogP contribution in [-0.4, -0.2) is 39.2 Å². The Morgan fingerprint density at radius 1 is 1.21 bits per heavy atom. The number of aromatic hydroxyl groups is 1. The number of para-hydroxylation sites is 1. The first-order valence-corrected chi connectivity index (χ1v) is 9.97. The van der Waals surface area contributed by atoms with Crippen molar-refractivity contribution in [3.05, 3.63) is 71.7 Å². The summed E-state index contributed by atoms with van der Waals surface area (Å²) in [5.74, 6) is 0.284. The lowest BCUT2D eigenvalue weighted by molar-refractivity contribution is 0.0662. The number of likely N-dealkylation sites (tertiary alicyclic amines) is 1. The van der Waals surface area contributed by atoms with Crippen LogP contribution in [0.15, 0.2) is 54.6 Å². The van der Waals surface area contributed by atoms with Gasteiger partial charge in [-0.1, -0.05) is 24.3 Å². The van der Waals surface area contributed by atoms with Gasteiger partial charge in [-0.3, -0.25) is 9.89 Å². The van der Waals surface area contributed by atoms with E-state index in [4.69, 9.17) is 0 Å². The van der Waals surface area contributed by atoms with Crippen molar-refractivity contribution >= 4 is 5.91 Å². The SMILES string of the molecule is O=C(c1cc(-c2ccccc2O)n[nH]1)N1CCC[C@H](CCc2ccc(F)cc2)C1. The minimum atomic E-state index is -0.217. The molecule has 0 spiro atoms. The molecule has 1 aliphatic heterocycles. The number of aromatic amines is 1. The van der Waals surface area contributed by atoms with Crippen molar-refractivity contribution in [1.82, 2.24) is 15.1 Å². The lowest BCUT2D eigenvalue weighted by Crippen LogP contribution is -2.40. The fraction of sp³-hybridized carbons (Fsp3) is 0.304. The number of carbonyl (C=O) groups is 1. The van der Waals surface area contributed by atoms with Gasteiger partial charge in [0.1, 0.15) is 17.3 Å². The summed E-state index contributed by atoms with van der Waals surface area (Å²) in [6.45, 7) is 1.45. The molecule has 1 saturated heterocycles. The Morgan fingerprint density at radius 2 is 2.00 bits per heavy atom. The minimum absolute atomic E-state index is 0.0642. The van der Waals surface area contributed by atoms with Crippen LogP contribution in [0.5, 0.6) is 5.75 Å². The number of hydrogen-bond donors (Lipinski definition) is 2. The zero-order valence-electron chi connectivity index (χ0n) is 16.1. The number of amides is 1. The van der Waals surface area contributed by atoms with Gasteiger partial charge < -0.3 is 10.0 Å². The number of nitrogens with one attached hydrogen (secondary N) is 1. The van der Waals surface area contributed by atoms with Crippen LogP contribution in [0.1, 0.15) is 35.3 Å². The Labute approximate surface area is 169 Å². The summed E-state index contributed by atoms with van der Waals surface area (Å²) in [7, 11) is 0.